The van der Waals surface area contributed by atoms with Gasteiger partial charge in [-0.2, -0.15) is 0 Å². The first-order valence-electron chi connectivity index (χ1n) is 6.82. The minimum atomic E-state index is -0.102. The number of nitrogens with two attached hydrogens (primary N) is 1. The van der Waals surface area contributed by atoms with Crippen LogP contribution >= 0.6 is 23.2 Å². The van der Waals surface area contributed by atoms with Gasteiger partial charge in [-0.3, -0.25) is 0 Å². The molecular weight excluding hydrogens is 301 g/mol. The van der Waals surface area contributed by atoms with Crippen molar-refractivity contribution in [3.63, 3.8) is 0 Å². The quantitative estimate of drug-likeness (QED) is 0.689. The molecule has 0 fully saturated rings. The molecule has 1 nitrogen and oxygen atoms in total. The Morgan fingerprint density at radius 1 is 0.905 bits per heavy atom. The predicted molar refractivity (Wildman–Crippen MR) is 91.0 cm³/mol. The van der Waals surface area contributed by atoms with Gasteiger partial charge in [-0.05, 0) is 40.5 Å². The Morgan fingerprint density at radius 2 is 1.67 bits per heavy atom. The second-order valence-electron chi connectivity index (χ2n) is 5.11. The lowest BCUT2D eigenvalue weighted by Gasteiger charge is -2.16. The van der Waals surface area contributed by atoms with E-state index in [9.17, 15) is 0 Å². The molecular formula is C18H15Cl2N. The summed E-state index contributed by atoms with van der Waals surface area (Å²) in [6.45, 7) is 0. The molecule has 1 unspecified atom stereocenters. The Balaban J connectivity index is 1.95. The maximum Gasteiger partial charge on any atom is 0.0453 e. The van der Waals surface area contributed by atoms with E-state index < -0.39 is 0 Å². The molecule has 0 amide bonds. The van der Waals surface area contributed by atoms with Crippen LogP contribution in [0, 0.1) is 0 Å². The van der Waals surface area contributed by atoms with E-state index in [0.29, 0.717) is 16.5 Å². The Bertz CT molecular complexity index is 778. The highest BCUT2D eigenvalue weighted by molar-refractivity contribution is 6.35. The number of hydrogen-bond acceptors (Lipinski definition) is 1. The zero-order valence-corrected chi connectivity index (χ0v) is 12.9. The fraction of sp³-hybridized carbons (Fsp3) is 0.111. The maximum absolute atomic E-state index is 6.41. The van der Waals surface area contributed by atoms with Gasteiger partial charge in [0.1, 0.15) is 0 Å². The van der Waals surface area contributed by atoms with Crippen molar-refractivity contribution in [1.29, 1.82) is 0 Å². The van der Waals surface area contributed by atoms with Crippen LogP contribution in [-0.2, 0) is 6.42 Å². The zero-order chi connectivity index (χ0) is 14.8. The van der Waals surface area contributed by atoms with Crippen LogP contribution in [0.1, 0.15) is 17.2 Å². The Hall–Kier alpha value is -1.54. The highest BCUT2D eigenvalue weighted by Crippen LogP contribution is 2.28. The van der Waals surface area contributed by atoms with Gasteiger partial charge in [0.25, 0.3) is 0 Å². The third-order valence-electron chi connectivity index (χ3n) is 3.68. The molecule has 0 saturated heterocycles. The number of benzene rings is 3. The standard InChI is InChI=1S/C18H15Cl2N/c19-14-9-8-13(17(20)11-14)10-18(21)16-7-3-5-12-4-1-2-6-15(12)16/h1-9,11,18H,10,21H2. The van der Waals surface area contributed by atoms with Gasteiger partial charge in [0, 0.05) is 16.1 Å². The number of rotatable bonds is 3. The van der Waals surface area contributed by atoms with Crippen LogP contribution in [0.2, 0.25) is 10.0 Å². The van der Waals surface area contributed by atoms with Crippen molar-refractivity contribution in [3.8, 4) is 0 Å². The summed E-state index contributed by atoms with van der Waals surface area (Å²) >= 11 is 12.2. The first-order valence-corrected chi connectivity index (χ1v) is 7.58. The molecule has 0 radical (unpaired) electrons. The molecule has 106 valence electrons. The minimum absolute atomic E-state index is 0.102. The SMILES string of the molecule is NC(Cc1ccc(Cl)cc1Cl)c1cccc2ccccc12. The van der Waals surface area contributed by atoms with Crippen molar-refractivity contribution in [2.24, 2.45) is 5.73 Å². The monoisotopic (exact) mass is 315 g/mol. The van der Waals surface area contributed by atoms with Gasteiger partial charge < -0.3 is 5.73 Å². The maximum atomic E-state index is 6.41. The summed E-state index contributed by atoms with van der Waals surface area (Å²) in [6, 6.07) is 19.9. The fourth-order valence-electron chi connectivity index (χ4n) is 2.61. The average molecular weight is 316 g/mol. The van der Waals surface area contributed by atoms with E-state index in [2.05, 4.69) is 24.3 Å². The summed E-state index contributed by atoms with van der Waals surface area (Å²) in [4.78, 5) is 0. The van der Waals surface area contributed by atoms with E-state index in [1.807, 2.05) is 30.3 Å². The molecule has 1 atom stereocenters. The third-order valence-corrected chi connectivity index (χ3v) is 4.26. The van der Waals surface area contributed by atoms with E-state index in [1.165, 1.54) is 10.8 Å². The van der Waals surface area contributed by atoms with Crippen LogP contribution in [0.15, 0.2) is 60.7 Å². The van der Waals surface area contributed by atoms with Gasteiger partial charge in [0.2, 0.25) is 0 Å². The average Bonchev–Trinajstić information content (AvgIpc) is 2.49. The van der Waals surface area contributed by atoms with E-state index in [4.69, 9.17) is 28.9 Å². The van der Waals surface area contributed by atoms with E-state index >= 15 is 0 Å². The van der Waals surface area contributed by atoms with Crippen molar-refractivity contribution < 1.29 is 0 Å². The largest absolute Gasteiger partial charge is 0.324 e. The van der Waals surface area contributed by atoms with Gasteiger partial charge in [-0.25, -0.2) is 0 Å². The molecule has 0 heterocycles. The van der Waals surface area contributed by atoms with E-state index in [-0.39, 0.29) is 6.04 Å². The summed E-state index contributed by atoms with van der Waals surface area (Å²) in [5.41, 5.74) is 8.56. The Morgan fingerprint density at radius 3 is 2.48 bits per heavy atom. The summed E-state index contributed by atoms with van der Waals surface area (Å²) < 4.78 is 0. The van der Waals surface area contributed by atoms with Crippen molar-refractivity contribution in [2.45, 2.75) is 12.5 Å². The molecule has 2 N–H and O–H groups in total. The van der Waals surface area contributed by atoms with Gasteiger partial charge in [0.15, 0.2) is 0 Å². The van der Waals surface area contributed by atoms with Gasteiger partial charge in [-0.1, -0.05) is 71.7 Å². The summed E-state index contributed by atoms with van der Waals surface area (Å²) in [5, 5.41) is 3.70. The Labute approximate surface area is 134 Å². The first-order chi connectivity index (χ1) is 10.1. The van der Waals surface area contributed by atoms with Crippen LogP contribution < -0.4 is 5.73 Å². The van der Waals surface area contributed by atoms with E-state index in [1.54, 1.807) is 6.07 Å². The summed E-state index contributed by atoms with van der Waals surface area (Å²) in [5.74, 6) is 0. The van der Waals surface area contributed by atoms with Crippen molar-refractivity contribution >= 4 is 34.0 Å². The molecule has 0 aliphatic carbocycles. The first kappa shape index (κ1) is 14.4. The second kappa shape index (κ2) is 6.07. The normalized spacial score (nSPS) is 12.5. The van der Waals surface area contributed by atoms with Gasteiger partial charge in [-0.15, -0.1) is 0 Å². The molecule has 0 bridgehead atoms. The summed E-state index contributed by atoms with van der Waals surface area (Å²) in [6.07, 6.45) is 0.685. The molecule has 21 heavy (non-hydrogen) atoms. The molecule has 0 saturated carbocycles. The molecule has 3 rings (SSSR count). The zero-order valence-electron chi connectivity index (χ0n) is 11.4. The third kappa shape index (κ3) is 3.06. The molecule has 0 spiro atoms. The van der Waals surface area contributed by atoms with Crippen LogP contribution in [0.25, 0.3) is 10.8 Å². The number of halogens is 2. The Kier molecular flexibility index (Phi) is 4.16. The van der Waals surface area contributed by atoms with Crippen LogP contribution in [0.4, 0.5) is 0 Å². The smallest absolute Gasteiger partial charge is 0.0453 e. The molecule has 0 aromatic heterocycles. The highest BCUT2D eigenvalue weighted by atomic mass is 35.5. The molecule has 3 aromatic carbocycles. The molecule has 0 aliphatic heterocycles. The lowest BCUT2D eigenvalue weighted by atomic mass is 9.95. The highest BCUT2D eigenvalue weighted by Gasteiger charge is 2.12. The fourth-order valence-corrected chi connectivity index (χ4v) is 3.09. The van der Waals surface area contributed by atoms with Crippen LogP contribution in [0.5, 0.6) is 0 Å². The number of fused-ring (bicyclic) bond motifs is 1. The molecule has 3 aromatic rings. The summed E-state index contributed by atoms with van der Waals surface area (Å²) in [7, 11) is 0. The number of hydrogen-bond donors (Lipinski definition) is 1. The lowest BCUT2D eigenvalue weighted by molar-refractivity contribution is 0.728. The molecule has 0 aliphatic rings. The predicted octanol–water partition coefficient (Wildman–Crippen LogP) is 5.39. The van der Waals surface area contributed by atoms with Crippen LogP contribution in [0.3, 0.4) is 0 Å². The second-order valence-corrected chi connectivity index (χ2v) is 5.96. The topological polar surface area (TPSA) is 26.0 Å². The minimum Gasteiger partial charge on any atom is -0.324 e. The van der Waals surface area contributed by atoms with Crippen molar-refractivity contribution in [2.75, 3.05) is 0 Å². The van der Waals surface area contributed by atoms with Crippen molar-refractivity contribution in [3.05, 3.63) is 81.8 Å². The van der Waals surface area contributed by atoms with E-state index in [0.717, 1.165) is 11.1 Å². The van der Waals surface area contributed by atoms with Gasteiger partial charge >= 0.3 is 0 Å². The van der Waals surface area contributed by atoms with Crippen LogP contribution in [-0.4, -0.2) is 0 Å². The van der Waals surface area contributed by atoms with Gasteiger partial charge in [0.05, 0.1) is 0 Å². The molecule has 3 heteroatoms. The van der Waals surface area contributed by atoms with Crippen molar-refractivity contribution in [1.82, 2.24) is 0 Å². The lowest BCUT2D eigenvalue weighted by Crippen LogP contribution is -2.14.